The molecule has 0 bridgehead atoms. The molecule has 4 heterocycles. The van der Waals surface area contributed by atoms with Crippen molar-refractivity contribution in [1.29, 1.82) is 0 Å². The van der Waals surface area contributed by atoms with Crippen molar-refractivity contribution in [2.45, 2.75) is 30.3 Å². The van der Waals surface area contributed by atoms with Gasteiger partial charge < -0.3 is 24.1 Å². The van der Waals surface area contributed by atoms with Crippen LogP contribution in [0.5, 0.6) is 11.5 Å². The fourth-order valence-corrected chi connectivity index (χ4v) is 5.48. The Morgan fingerprint density at radius 2 is 2.03 bits per heavy atom. The topological polar surface area (TPSA) is 93.0 Å². The Hall–Kier alpha value is -2.65. The van der Waals surface area contributed by atoms with Crippen molar-refractivity contribution in [2.75, 3.05) is 25.6 Å². The van der Waals surface area contributed by atoms with E-state index in [0.29, 0.717) is 31.1 Å². The lowest BCUT2D eigenvalue weighted by molar-refractivity contribution is -0.122. The van der Waals surface area contributed by atoms with Crippen molar-refractivity contribution in [3.8, 4) is 11.5 Å². The second kappa shape index (κ2) is 7.88. The average Bonchev–Trinajstić information content (AvgIpc) is 3.53. The highest BCUT2D eigenvalue weighted by Gasteiger charge is 2.44. The van der Waals surface area contributed by atoms with E-state index in [0.717, 1.165) is 29.9 Å². The van der Waals surface area contributed by atoms with E-state index in [-0.39, 0.29) is 29.5 Å². The number of furan rings is 1. The molecule has 1 aromatic carbocycles. The molecular formula is C21H23N3O5S. The van der Waals surface area contributed by atoms with Gasteiger partial charge in [0.1, 0.15) is 0 Å². The Morgan fingerprint density at radius 1 is 1.20 bits per heavy atom. The van der Waals surface area contributed by atoms with Crippen LogP contribution in [0.2, 0.25) is 0 Å². The van der Waals surface area contributed by atoms with Crippen LogP contribution < -0.4 is 20.1 Å². The van der Waals surface area contributed by atoms with Gasteiger partial charge in [-0.15, -0.1) is 11.8 Å². The van der Waals surface area contributed by atoms with Crippen molar-refractivity contribution >= 4 is 23.6 Å². The van der Waals surface area contributed by atoms with Crippen molar-refractivity contribution < 1.29 is 23.5 Å². The first-order chi connectivity index (χ1) is 14.6. The standard InChI is InChI=1S/C21H23N3O5S/c25-19(22-11-14-3-4-16-18(10-14)29-13-28-16)15-12-30-21(23-15)5-7-24(8-6-21)20(26)17-2-1-9-27-17/h1-4,9-10,15,23H,5-8,11-13H2,(H,22,25). The van der Waals surface area contributed by atoms with Crippen molar-refractivity contribution in [3.05, 3.63) is 47.9 Å². The molecule has 9 heteroatoms. The minimum atomic E-state index is -0.240. The third kappa shape index (κ3) is 3.75. The predicted molar refractivity (Wildman–Crippen MR) is 110 cm³/mol. The number of carbonyl (C=O) groups excluding carboxylic acids is 2. The maximum atomic E-state index is 12.7. The molecule has 2 fully saturated rings. The summed E-state index contributed by atoms with van der Waals surface area (Å²) in [4.78, 5) is 26.8. The third-order valence-corrected chi connectivity index (χ3v) is 7.35. The Bertz CT molecular complexity index is 940. The normalized spacial score (nSPS) is 21.7. The number of hydrogen-bond donors (Lipinski definition) is 2. The number of hydrogen-bond acceptors (Lipinski definition) is 7. The third-order valence-electron chi connectivity index (χ3n) is 5.77. The van der Waals surface area contributed by atoms with E-state index in [1.54, 1.807) is 23.9 Å². The molecule has 1 spiro atoms. The molecule has 3 aliphatic rings. The van der Waals surface area contributed by atoms with Gasteiger partial charge >= 0.3 is 0 Å². The second-order valence-corrected chi connectivity index (χ2v) is 9.08. The van der Waals surface area contributed by atoms with Gasteiger partial charge in [-0.1, -0.05) is 6.07 Å². The number of amides is 2. The number of fused-ring (bicyclic) bond motifs is 1. The first-order valence-corrected chi connectivity index (χ1v) is 11.0. The van der Waals surface area contributed by atoms with Gasteiger partial charge in [-0.25, -0.2) is 0 Å². The average molecular weight is 429 g/mol. The first-order valence-electron chi connectivity index (χ1n) is 10.0. The number of ether oxygens (including phenoxy) is 2. The molecule has 3 aliphatic heterocycles. The predicted octanol–water partition coefficient (Wildman–Crippen LogP) is 1.96. The zero-order valence-electron chi connectivity index (χ0n) is 16.4. The number of benzene rings is 1. The van der Waals surface area contributed by atoms with Crippen LogP contribution in [0.15, 0.2) is 41.0 Å². The van der Waals surface area contributed by atoms with Crippen molar-refractivity contribution in [1.82, 2.24) is 15.5 Å². The van der Waals surface area contributed by atoms with Crippen molar-refractivity contribution in [3.63, 3.8) is 0 Å². The molecule has 2 amide bonds. The molecule has 158 valence electrons. The highest BCUT2D eigenvalue weighted by molar-refractivity contribution is 8.01. The number of nitrogens with zero attached hydrogens (tertiary/aromatic N) is 1. The highest BCUT2D eigenvalue weighted by atomic mass is 32.2. The Morgan fingerprint density at radius 3 is 2.83 bits per heavy atom. The van der Waals surface area contributed by atoms with Gasteiger partial charge in [-0.05, 0) is 42.7 Å². The van der Waals surface area contributed by atoms with Gasteiger partial charge in [-0.2, -0.15) is 0 Å². The maximum absolute atomic E-state index is 12.7. The van der Waals surface area contributed by atoms with E-state index in [4.69, 9.17) is 13.9 Å². The van der Waals surface area contributed by atoms with Crippen molar-refractivity contribution in [2.24, 2.45) is 0 Å². The summed E-state index contributed by atoms with van der Waals surface area (Å²) in [5.74, 6) is 2.46. The molecule has 30 heavy (non-hydrogen) atoms. The number of carbonyl (C=O) groups is 2. The SMILES string of the molecule is O=C(NCc1ccc2c(c1)OCO2)C1CSC2(CCN(C(=O)c3ccco3)CC2)N1. The van der Waals surface area contributed by atoms with E-state index in [9.17, 15) is 9.59 Å². The lowest BCUT2D eigenvalue weighted by Crippen LogP contribution is -2.54. The molecule has 1 aromatic heterocycles. The van der Waals surface area contributed by atoms with Crippen LogP contribution in [-0.2, 0) is 11.3 Å². The fraction of sp³-hybridized carbons (Fsp3) is 0.429. The molecule has 0 aliphatic carbocycles. The number of likely N-dealkylation sites (tertiary alicyclic amines) is 1. The van der Waals surface area contributed by atoms with Gasteiger partial charge in [-0.3, -0.25) is 14.9 Å². The number of piperidine rings is 1. The number of nitrogens with one attached hydrogen (secondary N) is 2. The largest absolute Gasteiger partial charge is 0.459 e. The van der Waals surface area contributed by atoms with Crippen LogP contribution in [0, 0.1) is 0 Å². The first kappa shape index (κ1) is 19.3. The van der Waals surface area contributed by atoms with Gasteiger partial charge in [0, 0.05) is 25.4 Å². The van der Waals surface area contributed by atoms with E-state index in [1.807, 2.05) is 23.1 Å². The quantitative estimate of drug-likeness (QED) is 0.768. The lowest BCUT2D eigenvalue weighted by atomic mass is 10.0. The molecule has 2 aromatic rings. The molecule has 1 atom stereocenters. The molecule has 0 radical (unpaired) electrons. The van der Waals surface area contributed by atoms with E-state index in [1.165, 1.54) is 6.26 Å². The molecule has 5 rings (SSSR count). The minimum absolute atomic E-state index is 0.00821. The summed E-state index contributed by atoms with van der Waals surface area (Å²) in [6, 6.07) is 8.86. The Balaban J connectivity index is 1.12. The monoisotopic (exact) mass is 429 g/mol. The molecule has 1 unspecified atom stereocenters. The van der Waals surface area contributed by atoms with Gasteiger partial charge in [0.2, 0.25) is 12.7 Å². The number of thioether (sulfide) groups is 1. The van der Waals surface area contributed by atoms with Crippen LogP contribution >= 0.6 is 11.8 Å². The molecule has 0 saturated carbocycles. The van der Waals surface area contributed by atoms with Crippen LogP contribution in [-0.4, -0.2) is 53.3 Å². The summed E-state index contributed by atoms with van der Waals surface area (Å²) in [7, 11) is 0. The highest BCUT2D eigenvalue weighted by Crippen LogP contribution is 2.39. The Labute approximate surface area is 178 Å². The zero-order chi connectivity index (χ0) is 20.6. The van der Waals surface area contributed by atoms with Gasteiger partial charge in [0.15, 0.2) is 17.3 Å². The smallest absolute Gasteiger partial charge is 0.289 e. The van der Waals surface area contributed by atoms with E-state index < -0.39 is 0 Å². The zero-order valence-corrected chi connectivity index (χ0v) is 17.2. The summed E-state index contributed by atoms with van der Waals surface area (Å²) < 4.78 is 15.9. The minimum Gasteiger partial charge on any atom is -0.459 e. The van der Waals surface area contributed by atoms with Gasteiger partial charge in [0.05, 0.1) is 17.2 Å². The summed E-state index contributed by atoms with van der Waals surface area (Å²) in [5, 5.41) is 6.53. The fourth-order valence-electron chi connectivity index (χ4n) is 4.06. The molecule has 2 N–H and O–H groups in total. The Kier molecular flexibility index (Phi) is 5.08. The summed E-state index contributed by atoms with van der Waals surface area (Å²) in [6.07, 6.45) is 3.12. The van der Waals surface area contributed by atoms with Crippen LogP contribution in [0.1, 0.15) is 29.0 Å². The maximum Gasteiger partial charge on any atom is 0.289 e. The molecule has 2 saturated heterocycles. The second-order valence-electron chi connectivity index (χ2n) is 7.68. The van der Waals surface area contributed by atoms with Crippen LogP contribution in [0.25, 0.3) is 0 Å². The van der Waals surface area contributed by atoms with E-state index in [2.05, 4.69) is 10.6 Å². The number of rotatable bonds is 4. The van der Waals surface area contributed by atoms with Crippen LogP contribution in [0.4, 0.5) is 0 Å². The summed E-state index contributed by atoms with van der Waals surface area (Å²) in [6.45, 7) is 1.97. The van der Waals surface area contributed by atoms with E-state index >= 15 is 0 Å². The van der Waals surface area contributed by atoms with Crippen LogP contribution in [0.3, 0.4) is 0 Å². The molecular weight excluding hydrogens is 406 g/mol. The van der Waals surface area contributed by atoms with Gasteiger partial charge in [0.25, 0.3) is 5.91 Å². The summed E-state index contributed by atoms with van der Waals surface area (Å²) in [5.41, 5.74) is 0.970. The molecule has 8 nitrogen and oxygen atoms in total. The summed E-state index contributed by atoms with van der Waals surface area (Å²) >= 11 is 1.78. The lowest BCUT2D eigenvalue weighted by Gasteiger charge is -2.38.